The molecule has 0 unspecified atom stereocenters. The van der Waals surface area contributed by atoms with Crippen molar-refractivity contribution in [2.75, 3.05) is 6.61 Å². The number of hydrogen-bond acceptors (Lipinski definition) is 2. The smallest absolute Gasteiger partial charge is 0.261 e. The predicted octanol–water partition coefficient (Wildman–Crippen LogP) is 3.70. The van der Waals surface area contributed by atoms with Gasteiger partial charge in [0, 0.05) is 18.2 Å². The Labute approximate surface area is 135 Å². The third-order valence-corrected chi connectivity index (χ3v) is 3.96. The minimum Gasteiger partial charge on any atom is -0.484 e. The van der Waals surface area contributed by atoms with Crippen molar-refractivity contribution in [3.05, 3.63) is 65.5 Å². The van der Waals surface area contributed by atoms with Gasteiger partial charge in [-0.05, 0) is 43.5 Å². The third kappa shape index (κ3) is 4.09. The van der Waals surface area contributed by atoms with Gasteiger partial charge in [0.25, 0.3) is 5.91 Å². The summed E-state index contributed by atoms with van der Waals surface area (Å²) in [5.74, 6) is 0.308. The van der Waals surface area contributed by atoms with Crippen molar-refractivity contribution in [3.8, 4) is 5.75 Å². The normalized spacial score (nSPS) is 13.7. The van der Waals surface area contributed by atoms with Crippen LogP contribution in [0.15, 0.2) is 48.5 Å². The van der Waals surface area contributed by atoms with E-state index in [1.807, 2.05) is 31.2 Å². The molecule has 2 aromatic carbocycles. The number of aryl methyl sites for hydroxylation is 1. The number of carbonyl (C=O) groups excluding carboxylic acids is 1. The highest BCUT2D eigenvalue weighted by molar-refractivity contribution is 5.78. The highest BCUT2D eigenvalue weighted by Gasteiger charge is 2.33. The number of ether oxygens (including phenoxy) is 1. The summed E-state index contributed by atoms with van der Waals surface area (Å²) < 4.78 is 19.4. The van der Waals surface area contributed by atoms with Crippen molar-refractivity contribution in [1.82, 2.24) is 4.90 Å². The number of hydrogen-bond donors (Lipinski definition) is 0. The lowest BCUT2D eigenvalue weighted by Crippen LogP contribution is -2.36. The SMILES string of the molecule is Cc1cccc(OCC(=O)N(Cc2ccccc2F)C2CC2)c1. The van der Waals surface area contributed by atoms with Gasteiger partial charge in [-0.2, -0.15) is 0 Å². The van der Waals surface area contributed by atoms with Gasteiger partial charge in [0.2, 0.25) is 0 Å². The van der Waals surface area contributed by atoms with Gasteiger partial charge in [0.05, 0.1) is 0 Å². The van der Waals surface area contributed by atoms with Gasteiger partial charge in [-0.25, -0.2) is 4.39 Å². The maximum absolute atomic E-state index is 13.8. The topological polar surface area (TPSA) is 29.5 Å². The zero-order chi connectivity index (χ0) is 16.2. The summed E-state index contributed by atoms with van der Waals surface area (Å²) in [6.45, 7) is 2.26. The minimum absolute atomic E-state index is 0.0194. The molecule has 120 valence electrons. The molecule has 0 radical (unpaired) electrons. The third-order valence-electron chi connectivity index (χ3n) is 3.96. The predicted molar refractivity (Wildman–Crippen MR) is 86.6 cm³/mol. The molecule has 23 heavy (non-hydrogen) atoms. The van der Waals surface area contributed by atoms with E-state index in [4.69, 9.17) is 4.74 Å². The molecule has 3 rings (SSSR count). The zero-order valence-electron chi connectivity index (χ0n) is 13.2. The van der Waals surface area contributed by atoms with E-state index in [1.54, 1.807) is 23.1 Å². The van der Waals surface area contributed by atoms with Crippen LogP contribution in [0.25, 0.3) is 0 Å². The summed E-state index contributed by atoms with van der Waals surface area (Å²) in [6, 6.07) is 14.4. The van der Waals surface area contributed by atoms with Crippen molar-refractivity contribution >= 4 is 5.91 Å². The Hall–Kier alpha value is -2.36. The Kier molecular flexibility index (Phi) is 4.60. The van der Waals surface area contributed by atoms with Crippen LogP contribution >= 0.6 is 0 Å². The summed E-state index contributed by atoms with van der Waals surface area (Å²) in [5, 5.41) is 0. The fraction of sp³-hybridized carbons (Fsp3) is 0.316. The Morgan fingerprint density at radius 1 is 1.22 bits per heavy atom. The zero-order valence-corrected chi connectivity index (χ0v) is 13.2. The summed E-state index contributed by atoms with van der Waals surface area (Å²) >= 11 is 0. The van der Waals surface area contributed by atoms with E-state index in [2.05, 4.69) is 0 Å². The summed E-state index contributed by atoms with van der Waals surface area (Å²) in [5.41, 5.74) is 1.63. The lowest BCUT2D eigenvalue weighted by Gasteiger charge is -2.23. The van der Waals surface area contributed by atoms with Gasteiger partial charge < -0.3 is 9.64 Å². The summed E-state index contributed by atoms with van der Waals surface area (Å²) in [6.07, 6.45) is 1.95. The van der Waals surface area contributed by atoms with Crippen molar-refractivity contribution < 1.29 is 13.9 Å². The van der Waals surface area contributed by atoms with Crippen LogP contribution in [0, 0.1) is 12.7 Å². The number of carbonyl (C=O) groups is 1. The fourth-order valence-electron chi connectivity index (χ4n) is 2.55. The lowest BCUT2D eigenvalue weighted by molar-refractivity contribution is -0.134. The second kappa shape index (κ2) is 6.82. The van der Waals surface area contributed by atoms with Gasteiger partial charge in [0.15, 0.2) is 6.61 Å². The molecule has 2 aromatic rings. The number of halogens is 1. The van der Waals surface area contributed by atoms with E-state index in [0.717, 1.165) is 18.4 Å². The van der Waals surface area contributed by atoms with Crippen LogP contribution in [0.2, 0.25) is 0 Å². The summed E-state index contributed by atoms with van der Waals surface area (Å²) in [7, 11) is 0. The molecule has 1 aliphatic carbocycles. The highest BCUT2D eigenvalue weighted by atomic mass is 19.1. The van der Waals surface area contributed by atoms with Gasteiger partial charge in [-0.15, -0.1) is 0 Å². The number of nitrogens with zero attached hydrogens (tertiary/aromatic N) is 1. The minimum atomic E-state index is -0.273. The molecular weight excluding hydrogens is 293 g/mol. The molecule has 1 fully saturated rings. The van der Waals surface area contributed by atoms with Crippen LogP contribution in [0.3, 0.4) is 0 Å². The Balaban J connectivity index is 1.64. The Morgan fingerprint density at radius 3 is 2.70 bits per heavy atom. The first-order valence-electron chi connectivity index (χ1n) is 7.86. The van der Waals surface area contributed by atoms with Gasteiger partial charge in [0.1, 0.15) is 11.6 Å². The number of rotatable bonds is 6. The average Bonchev–Trinajstić information content (AvgIpc) is 3.37. The van der Waals surface area contributed by atoms with E-state index in [-0.39, 0.29) is 24.4 Å². The van der Waals surface area contributed by atoms with Gasteiger partial charge >= 0.3 is 0 Å². The van der Waals surface area contributed by atoms with Gasteiger partial charge in [-0.1, -0.05) is 30.3 Å². The van der Waals surface area contributed by atoms with E-state index in [9.17, 15) is 9.18 Å². The van der Waals surface area contributed by atoms with Crippen molar-refractivity contribution in [2.45, 2.75) is 32.4 Å². The van der Waals surface area contributed by atoms with E-state index < -0.39 is 0 Å². The van der Waals surface area contributed by atoms with Crippen LogP contribution in [0.4, 0.5) is 4.39 Å². The standard InChI is InChI=1S/C19H20FNO2/c1-14-5-4-7-17(11-14)23-13-19(22)21(16-9-10-16)12-15-6-2-3-8-18(15)20/h2-8,11,16H,9-10,12-13H2,1H3. The van der Waals surface area contributed by atoms with Gasteiger partial charge in [-0.3, -0.25) is 4.79 Å². The Morgan fingerprint density at radius 2 is 2.00 bits per heavy atom. The molecule has 0 atom stereocenters. The van der Waals surface area contributed by atoms with Crippen LogP contribution in [0.5, 0.6) is 5.75 Å². The molecule has 1 amide bonds. The molecule has 0 aliphatic heterocycles. The van der Waals surface area contributed by atoms with E-state index in [0.29, 0.717) is 17.9 Å². The Bertz CT molecular complexity index is 697. The molecular formula is C19H20FNO2. The molecule has 1 saturated carbocycles. The molecule has 3 nitrogen and oxygen atoms in total. The van der Waals surface area contributed by atoms with Crippen LogP contribution in [0.1, 0.15) is 24.0 Å². The van der Waals surface area contributed by atoms with Crippen molar-refractivity contribution in [2.24, 2.45) is 0 Å². The first-order valence-corrected chi connectivity index (χ1v) is 7.86. The van der Waals surface area contributed by atoms with Crippen molar-refractivity contribution in [3.63, 3.8) is 0 Å². The largest absolute Gasteiger partial charge is 0.484 e. The monoisotopic (exact) mass is 313 g/mol. The number of amides is 1. The quantitative estimate of drug-likeness (QED) is 0.814. The van der Waals surface area contributed by atoms with Crippen molar-refractivity contribution in [1.29, 1.82) is 0 Å². The maximum atomic E-state index is 13.8. The van der Waals surface area contributed by atoms with Crippen LogP contribution < -0.4 is 4.74 Å². The van der Waals surface area contributed by atoms with E-state index >= 15 is 0 Å². The maximum Gasteiger partial charge on any atom is 0.261 e. The molecule has 0 heterocycles. The molecule has 1 aliphatic rings. The molecule has 0 N–H and O–H groups in total. The average molecular weight is 313 g/mol. The highest BCUT2D eigenvalue weighted by Crippen LogP contribution is 2.29. The second-order valence-corrected chi connectivity index (χ2v) is 5.95. The molecule has 0 bridgehead atoms. The summed E-state index contributed by atoms with van der Waals surface area (Å²) in [4.78, 5) is 14.2. The molecule has 0 saturated heterocycles. The first-order chi connectivity index (χ1) is 11.1. The molecule has 4 heteroatoms. The second-order valence-electron chi connectivity index (χ2n) is 5.95. The fourth-order valence-corrected chi connectivity index (χ4v) is 2.55. The lowest BCUT2D eigenvalue weighted by atomic mass is 10.2. The van der Waals surface area contributed by atoms with Crippen LogP contribution in [-0.4, -0.2) is 23.5 Å². The number of benzene rings is 2. The first kappa shape index (κ1) is 15.5. The van der Waals surface area contributed by atoms with E-state index in [1.165, 1.54) is 6.07 Å². The molecule has 0 aromatic heterocycles. The molecule has 0 spiro atoms. The van der Waals surface area contributed by atoms with Crippen LogP contribution in [-0.2, 0) is 11.3 Å².